The van der Waals surface area contributed by atoms with Gasteiger partial charge in [-0.1, -0.05) is 6.07 Å². The molecule has 78 valence electrons. The molecule has 1 aromatic heterocycles. The van der Waals surface area contributed by atoms with Crippen LogP contribution >= 0.6 is 12.4 Å². The predicted molar refractivity (Wildman–Crippen MR) is 61.0 cm³/mol. The Bertz CT molecular complexity index is 247. The predicted octanol–water partition coefficient (Wildman–Crippen LogP) is 1.67. The zero-order valence-corrected chi connectivity index (χ0v) is 8.89. The van der Waals surface area contributed by atoms with Gasteiger partial charge in [0, 0.05) is 18.8 Å². The fourth-order valence-electron chi connectivity index (χ4n) is 1.63. The van der Waals surface area contributed by atoms with Crippen LogP contribution in [0, 0.1) is 0 Å². The average Bonchev–Trinajstić information content (AvgIpc) is 2.69. The maximum atomic E-state index is 4.20. The Morgan fingerprint density at radius 1 is 1.50 bits per heavy atom. The second kappa shape index (κ2) is 5.83. The molecular weight excluding hydrogens is 198 g/mol. The lowest BCUT2D eigenvalue weighted by atomic mass is 10.2. The van der Waals surface area contributed by atoms with Crippen LogP contribution in [0.2, 0.25) is 0 Å². The number of hydrogen-bond donors (Lipinski definition) is 2. The van der Waals surface area contributed by atoms with Crippen molar-refractivity contribution < 1.29 is 0 Å². The van der Waals surface area contributed by atoms with Crippen molar-refractivity contribution in [1.82, 2.24) is 10.3 Å². The average molecular weight is 214 g/mol. The summed E-state index contributed by atoms with van der Waals surface area (Å²) in [6.07, 6.45) is 4.39. The third-order valence-corrected chi connectivity index (χ3v) is 2.36. The largest absolute Gasteiger partial charge is 0.369 e. The van der Waals surface area contributed by atoms with Crippen LogP contribution in [0.4, 0.5) is 5.82 Å². The van der Waals surface area contributed by atoms with Gasteiger partial charge in [0.15, 0.2) is 0 Å². The van der Waals surface area contributed by atoms with Gasteiger partial charge >= 0.3 is 0 Å². The van der Waals surface area contributed by atoms with Crippen LogP contribution in [-0.4, -0.2) is 24.1 Å². The summed E-state index contributed by atoms with van der Waals surface area (Å²) >= 11 is 0. The highest BCUT2D eigenvalue weighted by Gasteiger charge is 2.12. The molecule has 0 aromatic carbocycles. The zero-order chi connectivity index (χ0) is 8.93. The van der Waals surface area contributed by atoms with Crippen molar-refractivity contribution >= 4 is 18.2 Å². The molecule has 0 saturated carbocycles. The van der Waals surface area contributed by atoms with Gasteiger partial charge in [0.2, 0.25) is 0 Å². The van der Waals surface area contributed by atoms with E-state index in [1.54, 1.807) is 0 Å². The molecule has 0 bridgehead atoms. The number of rotatable bonds is 3. The molecule has 2 heterocycles. The highest BCUT2D eigenvalue weighted by atomic mass is 35.5. The van der Waals surface area contributed by atoms with Gasteiger partial charge in [0.05, 0.1) is 0 Å². The van der Waals surface area contributed by atoms with E-state index >= 15 is 0 Å². The molecular formula is C10H16ClN3. The molecule has 1 aliphatic rings. The second-order valence-electron chi connectivity index (χ2n) is 3.39. The quantitative estimate of drug-likeness (QED) is 0.802. The maximum absolute atomic E-state index is 4.20. The van der Waals surface area contributed by atoms with E-state index in [-0.39, 0.29) is 12.4 Å². The number of nitrogens with zero attached hydrogens (tertiary/aromatic N) is 1. The van der Waals surface area contributed by atoms with E-state index in [0.29, 0.717) is 6.04 Å². The summed E-state index contributed by atoms with van der Waals surface area (Å²) < 4.78 is 0. The number of pyridine rings is 1. The van der Waals surface area contributed by atoms with Gasteiger partial charge in [0.1, 0.15) is 5.82 Å². The Morgan fingerprint density at radius 3 is 3.07 bits per heavy atom. The van der Waals surface area contributed by atoms with Crippen LogP contribution in [0.1, 0.15) is 12.8 Å². The first-order chi connectivity index (χ1) is 6.45. The minimum atomic E-state index is 0. The number of aromatic nitrogens is 1. The summed E-state index contributed by atoms with van der Waals surface area (Å²) in [5.74, 6) is 0.969. The molecule has 3 nitrogen and oxygen atoms in total. The summed E-state index contributed by atoms with van der Waals surface area (Å²) in [6, 6.07) is 6.55. The van der Waals surface area contributed by atoms with Gasteiger partial charge in [-0.15, -0.1) is 12.4 Å². The van der Waals surface area contributed by atoms with E-state index in [2.05, 4.69) is 15.6 Å². The van der Waals surface area contributed by atoms with Crippen molar-refractivity contribution in [2.45, 2.75) is 18.9 Å². The standard InChI is InChI=1S/C10H15N3.ClH/c1-2-6-12-10(5-1)13-8-9-4-3-7-11-9;/h1-2,5-6,9,11H,3-4,7-8H2,(H,12,13);1H. The van der Waals surface area contributed by atoms with Crippen molar-refractivity contribution in [3.63, 3.8) is 0 Å². The van der Waals surface area contributed by atoms with E-state index in [4.69, 9.17) is 0 Å². The summed E-state index contributed by atoms with van der Waals surface area (Å²) in [4.78, 5) is 4.20. The van der Waals surface area contributed by atoms with Crippen molar-refractivity contribution in [2.75, 3.05) is 18.4 Å². The van der Waals surface area contributed by atoms with E-state index in [1.807, 2.05) is 24.4 Å². The lowest BCUT2D eigenvalue weighted by Crippen LogP contribution is -2.29. The third-order valence-electron chi connectivity index (χ3n) is 2.36. The molecule has 1 saturated heterocycles. The Balaban J connectivity index is 0.000000980. The van der Waals surface area contributed by atoms with Crippen LogP contribution in [0.25, 0.3) is 0 Å². The Labute approximate surface area is 90.7 Å². The summed E-state index contributed by atoms with van der Waals surface area (Å²) in [7, 11) is 0. The first-order valence-corrected chi connectivity index (χ1v) is 4.83. The van der Waals surface area contributed by atoms with Gasteiger partial charge in [-0.2, -0.15) is 0 Å². The molecule has 2 N–H and O–H groups in total. The fraction of sp³-hybridized carbons (Fsp3) is 0.500. The number of halogens is 1. The molecule has 1 atom stereocenters. The molecule has 14 heavy (non-hydrogen) atoms. The minimum Gasteiger partial charge on any atom is -0.369 e. The summed E-state index contributed by atoms with van der Waals surface area (Å²) in [5, 5.41) is 6.75. The molecule has 0 aliphatic carbocycles. The van der Waals surface area contributed by atoms with Gasteiger partial charge in [0.25, 0.3) is 0 Å². The molecule has 0 amide bonds. The third kappa shape index (κ3) is 3.16. The first kappa shape index (κ1) is 11.3. The lowest BCUT2D eigenvalue weighted by molar-refractivity contribution is 0.632. The summed E-state index contributed by atoms with van der Waals surface area (Å²) in [5.41, 5.74) is 0. The highest BCUT2D eigenvalue weighted by molar-refractivity contribution is 5.85. The molecule has 1 aliphatic heterocycles. The maximum Gasteiger partial charge on any atom is 0.125 e. The van der Waals surface area contributed by atoms with Crippen molar-refractivity contribution in [3.05, 3.63) is 24.4 Å². The Morgan fingerprint density at radius 2 is 2.43 bits per heavy atom. The van der Waals surface area contributed by atoms with Crippen LogP contribution < -0.4 is 10.6 Å². The SMILES string of the molecule is Cl.c1ccc(NCC2CCCN2)nc1. The fourth-order valence-corrected chi connectivity index (χ4v) is 1.63. The minimum absolute atomic E-state index is 0. The zero-order valence-electron chi connectivity index (χ0n) is 8.07. The molecule has 0 spiro atoms. The highest BCUT2D eigenvalue weighted by Crippen LogP contribution is 2.06. The molecule has 2 rings (SSSR count). The van der Waals surface area contributed by atoms with Gasteiger partial charge in [-0.05, 0) is 31.5 Å². The van der Waals surface area contributed by atoms with Gasteiger partial charge < -0.3 is 10.6 Å². The normalized spacial score (nSPS) is 20.1. The second-order valence-corrected chi connectivity index (χ2v) is 3.39. The number of hydrogen-bond acceptors (Lipinski definition) is 3. The summed E-state index contributed by atoms with van der Waals surface area (Å²) in [6.45, 7) is 2.14. The van der Waals surface area contributed by atoms with Crippen LogP contribution in [0.3, 0.4) is 0 Å². The van der Waals surface area contributed by atoms with Crippen LogP contribution in [-0.2, 0) is 0 Å². The van der Waals surface area contributed by atoms with Crippen LogP contribution in [0.5, 0.6) is 0 Å². The molecule has 1 aromatic rings. The Kier molecular flexibility index (Phi) is 4.70. The lowest BCUT2D eigenvalue weighted by Gasteiger charge is -2.11. The van der Waals surface area contributed by atoms with Gasteiger partial charge in [-0.25, -0.2) is 4.98 Å². The first-order valence-electron chi connectivity index (χ1n) is 4.83. The number of anilines is 1. The number of nitrogens with one attached hydrogen (secondary N) is 2. The van der Waals surface area contributed by atoms with E-state index in [0.717, 1.165) is 18.9 Å². The topological polar surface area (TPSA) is 37.0 Å². The van der Waals surface area contributed by atoms with E-state index in [9.17, 15) is 0 Å². The van der Waals surface area contributed by atoms with Crippen LogP contribution in [0.15, 0.2) is 24.4 Å². The smallest absolute Gasteiger partial charge is 0.125 e. The molecule has 0 radical (unpaired) electrons. The molecule has 1 unspecified atom stereocenters. The molecule has 1 fully saturated rings. The van der Waals surface area contributed by atoms with Gasteiger partial charge in [-0.3, -0.25) is 0 Å². The van der Waals surface area contributed by atoms with E-state index < -0.39 is 0 Å². The van der Waals surface area contributed by atoms with Crippen molar-refractivity contribution in [2.24, 2.45) is 0 Å². The monoisotopic (exact) mass is 213 g/mol. The van der Waals surface area contributed by atoms with Crippen molar-refractivity contribution in [1.29, 1.82) is 0 Å². The Hall–Kier alpha value is -0.800. The van der Waals surface area contributed by atoms with E-state index in [1.165, 1.54) is 12.8 Å². The molecule has 4 heteroatoms. The van der Waals surface area contributed by atoms with Crippen molar-refractivity contribution in [3.8, 4) is 0 Å².